The summed E-state index contributed by atoms with van der Waals surface area (Å²) in [4.78, 5) is 28.7. The van der Waals surface area contributed by atoms with Gasteiger partial charge in [-0.05, 0) is 26.0 Å². The summed E-state index contributed by atoms with van der Waals surface area (Å²) in [5.74, 6) is -0.0360. The van der Waals surface area contributed by atoms with E-state index in [-0.39, 0.29) is 11.5 Å². The summed E-state index contributed by atoms with van der Waals surface area (Å²) in [6, 6.07) is 16.4. The molecule has 0 unspecified atom stereocenters. The molecule has 2 aromatic carbocycles. The summed E-state index contributed by atoms with van der Waals surface area (Å²) in [6.07, 6.45) is 0.722. The van der Waals surface area contributed by atoms with Crippen LogP contribution in [-0.2, 0) is 9.53 Å². The number of carbonyl (C=O) groups excluding carboxylic acids is 2. The molecule has 138 valence electrons. The van der Waals surface area contributed by atoms with Crippen molar-refractivity contribution in [2.24, 2.45) is 0 Å². The highest BCUT2D eigenvalue weighted by molar-refractivity contribution is 5.97. The van der Waals surface area contributed by atoms with Crippen molar-refractivity contribution >= 4 is 11.9 Å². The first-order valence-corrected chi connectivity index (χ1v) is 8.69. The Bertz CT molecular complexity index is 934. The summed E-state index contributed by atoms with van der Waals surface area (Å²) in [7, 11) is 0. The Kier molecular flexibility index (Phi) is 5.66. The Morgan fingerprint density at radius 3 is 2.56 bits per heavy atom. The molecule has 1 heterocycles. The molecule has 0 aliphatic rings. The molecule has 0 radical (unpaired) electrons. The standard InChI is InChI=1S/C21H20N2O4/c1-3-22-19(24)14(2)26-21(25)17-12-8-7-11-16(17)20-23-13-18(27-20)15-9-5-4-6-10-15/h4-14H,3H2,1-2H3,(H,22,24)/t14-/m1/s1. The number of hydrogen-bond acceptors (Lipinski definition) is 5. The first-order valence-electron chi connectivity index (χ1n) is 8.69. The summed E-state index contributed by atoms with van der Waals surface area (Å²) in [6.45, 7) is 3.80. The molecule has 6 nitrogen and oxygen atoms in total. The first-order chi connectivity index (χ1) is 13.1. The number of rotatable bonds is 6. The molecule has 3 aromatic rings. The maximum absolute atomic E-state index is 12.6. The Morgan fingerprint density at radius 1 is 1.11 bits per heavy atom. The van der Waals surface area contributed by atoms with Gasteiger partial charge in [0.15, 0.2) is 11.9 Å². The number of esters is 1. The van der Waals surface area contributed by atoms with Crippen molar-refractivity contribution in [2.45, 2.75) is 20.0 Å². The fourth-order valence-electron chi connectivity index (χ4n) is 2.58. The zero-order valence-corrected chi connectivity index (χ0v) is 15.1. The van der Waals surface area contributed by atoms with Gasteiger partial charge in [0.05, 0.1) is 17.3 Å². The van der Waals surface area contributed by atoms with E-state index in [4.69, 9.17) is 9.15 Å². The molecule has 0 saturated heterocycles. The van der Waals surface area contributed by atoms with Crippen LogP contribution in [0.25, 0.3) is 22.8 Å². The van der Waals surface area contributed by atoms with E-state index in [1.807, 2.05) is 30.3 Å². The predicted octanol–water partition coefficient (Wildman–Crippen LogP) is 3.69. The lowest BCUT2D eigenvalue weighted by molar-refractivity contribution is -0.128. The Balaban J connectivity index is 1.85. The molecule has 1 N–H and O–H groups in total. The number of hydrogen-bond donors (Lipinski definition) is 1. The van der Waals surface area contributed by atoms with Gasteiger partial charge in [-0.3, -0.25) is 4.79 Å². The molecular weight excluding hydrogens is 344 g/mol. The van der Waals surface area contributed by atoms with Crippen LogP contribution in [0.3, 0.4) is 0 Å². The van der Waals surface area contributed by atoms with Crippen molar-refractivity contribution in [1.82, 2.24) is 10.3 Å². The average molecular weight is 364 g/mol. The van der Waals surface area contributed by atoms with Gasteiger partial charge >= 0.3 is 5.97 Å². The summed E-state index contributed by atoms with van der Waals surface area (Å²) < 4.78 is 11.1. The number of carbonyl (C=O) groups is 2. The molecule has 0 saturated carbocycles. The van der Waals surface area contributed by atoms with E-state index in [9.17, 15) is 9.59 Å². The van der Waals surface area contributed by atoms with Crippen molar-refractivity contribution in [3.8, 4) is 22.8 Å². The fraction of sp³-hybridized carbons (Fsp3) is 0.190. The van der Waals surface area contributed by atoms with Gasteiger partial charge in [0.25, 0.3) is 5.91 Å². The number of oxazole rings is 1. The topological polar surface area (TPSA) is 81.4 Å². The first kappa shape index (κ1) is 18.4. The van der Waals surface area contributed by atoms with E-state index in [2.05, 4.69) is 10.3 Å². The number of amides is 1. The molecule has 0 spiro atoms. The van der Waals surface area contributed by atoms with Gasteiger partial charge in [-0.25, -0.2) is 9.78 Å². The van der Waals surface area contributed by atoms with E-state index in [1.54, 1.807) is 37.4 Å². The van der Waals surface area contributed by atoms with Gasteiger partial charge in [-0.15, -0.1) is 0 Å². The van der Waals surface area contributed by atoms with Crippen molar-refractivity contribution in [1.29, 1.82) is 0 Å². The van der Waals surface area contributed by atoms with Crippen molar-refractivity contribution in [3.05, 3.63) is 66.4 Å². The monoisotopic (exact) mass is 364 g/mol. The van der Waals surface area contributed by atoms with E-state index < -0.39 is 12.1 Å². The molecule has 0 aliphatic heterocycles. The summed E-state index contributed by atoms with van der Waals surface area (Å²) in [5, 5.41) is 2.62. The summed E-state index contributed by atoms with van der Waals surface area (Å²) >= 11 is 0. The lowest BCUT2D eigenvalue weighted by Crippen LogP contribution is -2.35. The fourth-order valence-corrected chi connectivity index (χ4v) is 2.58. The number of likely N-dealkylation sites (N-methyl/N-ethyl adjacent to an activating group) is 1. The molecule has 1 amide bonds. The van der Waals surface area contributed by atoms with E-state index in [1.165, 1.54) is 6.92 Å². The van der Waals surface area contributed by atoms with Crippen LogP contribution in [0.2, 0.25) is 0 Å². The van der Waals surface area contributed by atoms with Crippen molar-refractivity contribution in [3.63, 3.8) is 0 Å². The average Bonchev–Trinajstić information content (AvgIpc) is 3.19. The summed E-state index contributed by atoms with van der Waals surface area (Å²) in [5.41, 5.74) is 1.68. The Morgan fingerprint density at radius 2 is 1.81 bits per heavy atom. The van der Waals surface area contributed by atoms with Crippen LogP contribution >= 0.6 is 0 Å². The third-order valence-electron chi connectivity index (χ3n) is 3.95. The molecule has 0 aliphatic carbocycles. The number of aromatic nitrogens is 1. The number of nitrogens with one attached hydrogen (secondary N) is 1. The maximum Gasteiger partial charge on any atom is 0.339 e. The van der Waals surface area contributed by atoms with E-state index >= 15 is 0 Å². The highest BCUT2D eigenvalue weighted by Gasteiger charge is 2.22. The zero-order valence-electron chi connectivity index (χ0n) is 15.1. The largest absolute Gasteiger partial charge is 0.449 e. The van der Waals surface area contributed by atoms with E-state index in [0.29, 0.717) is 23.8 Å². The SMILES string of the molecule is CCNC(=O)[C@@H](C)OC(=O)c1ccccc1-c1ncc(-c2ccccc2)o1. The van der Waals surface area contributed by atoms with Crippen LogP contribution in [-0.4, -0.2) is 29.5 Å². The van der Waals surface area contributed by atoms with Crippen LogP contribution in [0.15, 0.2) is 65.2 Å². The maximum atomic E-state index is 12.6. The molecule has 0 bridgehead atoms. The second-order valence-corrected chi connectivity index (χ2v) is 5.88. The van der Waals surface area contributed by atoms with Gasteiger partial charge < -0.3 is 14.5 Å². The third-order valence-corrected chi connectivity index (χ3v) is 3.95. The normalized spacial score (nSPS) is 11.6. The van der Waals surface area contributed by atoms with Crippen LogP contribution in [0.4, 0.5) is 0 Å². The number of benzene rings is 2. The van der Waals surface area contributed by atoms with Crippen LogP contribution in [0.1, 0.15) is 24.2 Å². The van der Waals surface area contributed by atoms with Gasteiger partial charge in [-0.1, -0.05) is 42.5 Å². The number of ether oxygens (including phenoxy) is 1. The van der Waals surface area contributed by atoms with Gasteiger partial charge in [0, 0.05) is 12.1 Å². The van der Waals surface area contributed by atoms with Crippen molar-refractivity contribution < 1.29 is 18.7 Å². The van der Waals surface area contributed by atoms with E-state index in [0.717, 1.165) is 5.56 Å². The zero-order chi connectivity index (χ0) is 19.2. The highest BCUT2D eigenvalue weighted by Crippen LogP contribution is 2.28. The highest BCUT2D eigenvalue weighted by atomic mass is 16.5. The molecule has 1 atom stereocenters. The Labute approximate surface area is 157 Å². The molecule has 3 rings (SSSR count). The predicted molar refractivity (Wildman–Crippen MR) is 101 cm³/mol. The van der Waals surface area contributed by atoms with Crippen molar-refractivity contribution in [2.75, 3.05) is 6.54 Å². The molecular formula is C21H20N2O4. The van der Waals surface area contributed by atoms with Gasteiger partial charge in [-0.2, -0.15) is 0 Å². The van der Waals surface area contributed by atoms with Gasteiger partial charge in [0.1, 0.15) is 0 Å². The molecule has 1 aromatic heterocycles. The minimum atomic E-state index is -0.894. The minimum Gasteiger partial charge on any atom is -0.449 e. The second-order valence-electron chi connectivity index (χ2n) is 5.88. The molecule has 6 heteroatoms. The minimum absolute atomic E-state index is 0.287. The van der Waals surface area contributed by atoms with Crippen LogP contribution < -0.4 is 5.32 Å². The van der Waals surface area contributed by atoms with Crippen LogP contribution in [0, 0.1) is 0 Å². The number of nitrogens with zero attached hydrogens (tertiary/aromatic N) is 1. The Hall–Kier alpha value is -3.41. The lowest BCUT2D eigenvalue weighted by atomic mass is 10.1. The van der Waals surface area contributed by atoms with Gasteiger partial charge in [0.2, 0.25) is 5.89 Å². The van der Waals surface area contributed by atoms with Crippen LogP contribution in [0.5, 0.6) is 0 Å². The molecule has 0 fully saturated rings. The lowest BCUT2D eigenvalue weighted by Gasteiger charge is -2.13. The molecule has 27 heavy (non-hydrogen) atoms. The third kappa shape index (κ3) is 4.23. The second kappa shape index (κ2) is 8.31. The quantitative estimate of drug-likeness (QED) is 0.675. The smallest absolute Gasteiger partial charge is 0.339 e.